The summed E-state index contributed by atoms with van der Waals surface area (Å²) in [4.78, 5) is 0. The van der Waals surface area contributed by atoms with Gasteiger partial charge < -0.3 is 15.9 Å². The van der Waals surface area contributed by atoms with E-state index in [1.165, 1.54) is 0 Å². The zero-order chi connectivity index (χ0) is 10.0. The van der Waals surface area contributed by atoms with E-state index < -0.39 is 11.9 Å². The summed E-state index contributed by atoms with van der Waals surface area (Å²) in [5.74, 6) is -0.952. The van der Waals surface area contributed by atoms with E-state index in [2.05, 4.69) is 0 Å². The zero-order valence-electron chi connectivity index (χ0n) is 6.67. The maximum atomic E-state index is 12.8. The molecule has 0 aromatic heterocycles. The molecule has 4 N–H and O–H groups in total. The van der Waals surface area contributed by atoms with Crippen molar-refractivity contribution in [2.45, 2.75) is 6.10 Å². The first-order chi connectivity index (χ1) is 6.06. The molecular formula is C8H9ClFNO2. The lowest BCUT2D eigenvalue weighted by Gasteiger charge is -2.11. The van der Waals surface area contributed by atoms with Gasteiger partial charge in [0, 0.05) is 12.1 Å². The van der Waals surface area contributed by atoms with Gasteiger partial charge in [0.15, 0.2) is 0 Å². The molecule has 3 nitrogen and oxygen atoms in total. The van der Waals surface area contributed by atoms with Gasteiger partial charge in [0.1, 0.15) is 11.6 Å². The number of nitrogens with two attached hydrogens (primary N) is 1. The lowest BCUT2D eigenvalue weighted by Crippen LogP contribution is -2.12. The first kappa shape index (κ1) is 10.2. The number of benzene rings is 1. The summed E-state index contributed by atoms with van der Waals surface area (Å²) < 4.78 is 12.8. The quantitative estimate of drug-likeness (QED) is 0.679. The van der Waals surface area contributed by atoms with E-state index in [1.807, 2.05) is 0 Å². The van der Waals surface area contributed by atoms with Crippen LogP contribution in [0.1, 0.15) is 11.7 Å². The molecule has 0 saturated heterocycles. The van der Waals surface area contributed by atoms with E-state index >= 15 is 0 Å². The van der Waals surface area contributed by atoms with Crippen LogP contribution in [0.5, 0.6) is 5.75 Å². The first-order valence-electron chi connectivity index (χ1n) is 3.62. The zero-order valence-corrected chi connectivity index (χ0v) is 7.42. The third-order valence-corrected chi connectivity index (χ3v) is 1.93. The Morgan fingerprint density at radius 2 is 2.15 bits per heavy atom. The molecule has 72 valence electrons. The van der Waals surface area contributed by atoms with Crippen molar-refractivity contribution in [3.63, 3.8) is 0 Å². The fourth-order valence-corrected chi connectivity index (χ4v) is 1.18. The maximum Gasteiger partial charge on any atom is 0.140 e. The van der Waals surface area contributed by atoms with E-state index in [0.29, 0.717) is 0 Å². The molecule has 5 heteroatoms. The molecular weight excluding hydrogens is 197 g/mol. The highest BCUT2D eigenvalue weighted by Gasteiger charge is 2.14. The van der Waals surface area contributed by atoms with E-state index in [9.17, 15) is 14.6 Å². The Balaban J connectivity index is 3.20. The molecule has 1 rings (SSSR count). The second-order valence-electron chi connectivity index (χ2n) is 2.58. The Morgan fingerprint density at radius 1 is 1.54 bits per heavy atom. The summed E-state index contributed by atoms with van der Waals surface area (Å²) >= 11 is 5.48. The second kappa shape index (κ2) is 3.91. The standard InChI is InChI=1S/C8H9ClFNO2/c9-6-2-4(10)1-5(8(6)13)7(12)3-11/h1-2,7,12-13H,3,11H2. The highest BCUT2D eigenvalue weighted by atomic mass is 35.5. The van der Waals surface area contributed by atoms with Crippen LogP contribution in [0.25, 0.3) is 0 Å². The molecule has 0 saturated carbocycles. The molecule has 0 heterocycles. The topological polar surface area (TPSA) is 66.5 Å². The van der Waals surface area contributed by atoms with Gasteiger partial charge in [0.25, 0.3) is 0 Å². The van der Waals surface area contributed by atoms with Crippen molar-refractivity contribution in [1.29, 1.82) is 0 Å². The smallest absolute Gasteiger partial charge is 0.140 e. The van der Waals surface area contributed by atoms with Crippen LogP contribution in [-0.2, 0) is 0 Å². The summed E-state index contributed by atoms with van der Waals surface area (Å²) in [7, 11) is 0. The van der Waals surface area contributed by atoms with Crippen LogP contribution in [-0.4, -0.2) is 16.8 Å². The van der Waals surface area contributed by atoms with Gasteiger partial charge in [-0.05, 0) is 12.1 Å². The van der Waals surface area contributed by atoms with Crippen molar-refractivity contribution in [2.75, 3.05) is 6.54 Å². The van der Waals surface area contributed by atoms with Gasteiger partial charge in [-0.3, -0.25) is 0 Å². The van der Waals surface area contributed by atoms with Gasteiger partial charge in [-0.2, -0.15) is 0 Å². The normalized spacial score (nSPS) is 12.9. The number of aliphatic hydroxyl groups is 1. The minimum atomic E-state index is -1.10. The molecule has 0 radical (unpaired) electrons. The second-order valence-corrected chi connectivity index (χ2v) is 2.98. The molecule has 13 heavy (non-hydrogen) atoms. The molecule has 0 fully saturated rings. The molecule has 0 spiro atoms. The van der Waals surface area contributed by atoms with Crippen LogP contribution in [0, 0.1) is 5.82 Å². The number of halogens is 2. The molecule has 0 bridgehead atoms. The van der Waals surface area contributed by atoms with Gasteiger partial charge in [-0.25, -0.2) is 4.39 Å². The average molecular weight is 206 g/mol. The molecule has 1 unspecified atom stereocenters. The Kier molecular flexibility index (Phi) is 3.08. The van der Waals surface area contributed by atoms with Gasteiger partial charge >= 0.3 is 0 Å². The molecule has 0 amide bonds. The lowest BCUT2D eigenvalue weighted by molar-refractivity contribution is 0.182. The third kappa shape index (κ3) is 2.09. The van der Waals surface area contributed by atoms with Crippen molar-refractivity contribution in [1.82, 2.24) is 0 Å². The Morgan fingerprint density at radius 3 is 2.69 bits per heavy atom. The molecule has 0 aliphatic carbocycles. The van der Waals surface area contributed by atoms with Crippen molar-refractivity contribution in [3.05, 3.63) is 28.5 Å². The minimum absolute atomic E-state index is 0.00694. The van der Waals surface area contributed by atoms with Crippen LogP contribution in [0.3, 0.4) is 0 Å². The first-order valence-corrected chi connectivity index (χ1v) is 4.00. The molecule has 1 aromatic rings. The Bertz CT molecular complexity index is 319. The van der Waals surface area contributed by atoms with E-state index in [-0.39, 0.29) is 22.9 Å². The van der Waals surface area contributed by atoms with Crippen LogP contribution in [0.2, 0.25) is 5.02 Å². The van der Waals surface area contributed by atoms with Gasteiger partial charge in [-0.1, -0.05) is 11.6 Å². The summed E-state index contributed by atoms with van der Waals surface area (Å²) in [6.45, 7) is -0.104. The van der Waals surface area contributed by atoms with Crippen molar-refractivity contribution in [3.8, 4) is 5.75 Å². The number of hydrogen-bond acceptors (Lipinski definition) is 3. The molecule has 1 aromatic carbocycles. The van der Waals surface area contributed by atoms with Gasteiger partial charge in [-0.15, -0.1) is 0 Å². The summed E-state index contributed by atoms with van der Waals surface area (Å²) in [5.41, 5.74) is 5.15. The van der Waals surface area contributed by atoms with Crippen LogP contribution < -0.4 is 5.73 Å². The third-order valence-electron chi connectivity index (χ3n) is 1.64. The lowest BCUT2D eigenvalue weighted by atomic mass is 10.1. The van der Waals surface area contributed by atoms with Crippen LogP contribution >= 0.6 is 11.6 Å². The molecule has 0 aliphatic rings. The summed E-state index contributed by atoms with van der Waals surface area (Å²) in [6, 6.07) is 1.96. The van der Waals surface area contributed by atoms with Crippen LogP contribution in [0.15, 0.2) is 12.1 Å². The fraction of sp³-hybridized carbons (Fsp3) is 0.250. The number of hydrogen-bond donors (Lipinski definition) is 3. The largest absolute Gasteiger partial charge is 0.506 e. The predicted octanol–water partition coefficient (Wildman–Crippen LogP) is 1.18. The van der Waals surface area contributed by atoms with Crippen molar-refractivity contribution in [2.24, 2.45) is 5.73 Å². The highest BCUT2D eigenvalue weighted by Crippen LogP contribution is 2.32. The van der Waals surface area contributed by atoms with Crippen LogP contribution in [0.4, 0.5) is 4.39 Å². The maximum absolute atomic E-state index is 12.8. The predicted molar refractivity (Wildman–Crippen MR) is 47.1 cm³/mol. The van der Waals surface area contributed by atoms with Crippen molar-refractivity contribution < 1.29 is 14.6 Å². The number of phenols is 1. The fourth-order valence-electron chi connectivity index (χ4n) is 0.967. The monoisotopic (exact) mass is 205 g/mol. The summed E-state index contributed by atoms with van der Waals surface area (Å²) in [5, 5.41) is 18.4. The Hall–Kier alpha value is -0.840. The van der Waals surface area contributed by atoms with Gasteiger partial charge in [0.05, 0.1) is 11.1 Å². The average Bonchev–Trinajstić information content (AvgIpc) is 2.10. The Labute approximate surface area is 79.6 Å². The molecule has 0 aliphatic heterocycles. The highest BCUT2D eigenvalue weighted by molar-refractivity contribution is 6.32. The molecule has 1 atom stereocenters. The van der Waals surface area contributed by atoms with Gasteiger partial charge in [0.2, 0.25) is 0 Å². The summed E-state index contributed by atoms with van der Waals surface area (Å²) in [6.07, 6.45) is -1.10. The minimum Gasteiger partial charge on any atom is -0.506 e. The number of rotatable bonds is 2. The van der Waals surface area contributed by atoms with E-state index in [1.54, 1.807) is 0 Å². The number of aromatic hydroxyl groups is 1. The van der Waals surface area contributed by atoms with Crippen molar-refractivity contribution >= 4 is 11.6 Å². The SMILES string of the molecule is NCC(O)c1cc(F)cc(Cl)c1O. The number of phenolic OH excluding ortho intramolecular Hbond substituents is 1. The van der Waals surface area contributed by atoms with E-state index in [4.69, 9.17) is 17.3 Å². The number of aliphatic hydroxyl groups excluding tert-OH is 1. The van der Waals surface area contributed by atoms with E-state index in [0.717, 1.165) is 12.1 Å².